The average molecular weight is 605 g/mol. The van der Waals surface area contributed by atoms with Crippen molar-refractivity contribution in [2.75, 3.05) is 18.5 Å². The lowest BCUT2D eigenvalue weighted by Gasteiger charge is -2.25. The molecule has 5 aromatic rings. The number of carbonyl (C=O) groups excluding carboxylic acids is 1. The summed E-state index contributed by atoms with van der Waals surface area (Å²) in [5.41, 5.74) is 3.75. The van der Waals surface area contributed by atoms with Gasteiger partial charge in [-0.15, -0.1) is 11.3 Å². The van der Waals surface area contributed by atoms with E-state index in [9.17, 15) is 23.1 Å². The number of rotatable bonds is 5. The number of furan rings is 1. The predicted molar refractivity (Wildman–Crippen MR) is 159 cm³/mol. The van der Waals surface area contributed by atoms with Crippen LogP contribution < -0.4 is 10.2 Å². The molecule has 1 amide bonds. The number of aliphatic hydroxyl groups excluding tert-OH is 1. The number of aliphatic hydroxyl groups is 1. The van der Waals surface area contributed by atoms with E-state index in [1.165, 1.54) is 30.5 Å². The number of anilines is 1. The highest BCUT2D eigenvalue weighted by Gasteiger charge is 2.40. The summed E-state index contributed by atoms with van der Waals surface area (Å²) >= 11 is 1.26. The fourth-order valence-electron chi connectivity index (χ4n) is 6.01. The lowest BCUT2D eigenvalue weighted by Crippen LogP contribution is -2.29. The molecule has 0 spiro atoms. The highest BCUT2D eigenvalue weighted by molar-refractivity contribution is 7.15. The van der Waals surface area contributed by atoms with Crippen molar-refractivity contribution < 1.29 is 27.5 Å². The van der Waals surface area contributed by atoms with Crippen LogP contribution in [0.1, 0.15) is 46.6 Å². The third-order valence-corrected chi connectivity index (χ3v) is 9.30. The van der Waals surface area contributed by atoms with Crippen molar-refractivity contribution in [1.82, 2.24) is 15.3 Å². The zero-order valence-electron chi connectivity index (χ0n) is 23.2. The minimum absolute atomic E-state index is 0.145. The first-order chi connectivity index (χ1) is 20.7. The molecule has 1 fully saturated rings. The summed E-state index contributed by atoms with van der Waals surface area (Å²) in [6.07, 6.45) is 4.72. The Kier molecular flexibility index (Phi) is 6.74. The number of nitrogens with zero attached hydrogens (tertiary/aromatic N) is 3. The van der Waals surface area contributed by atoms with E-state index >= 15 is 0 Å². The van der Waals surface area contributed by atoms with Crippen molar-refractivity contribution in [2.24, 2.45) is 0 Å². The molecule has 1 aliphatic heterocycles. The number of benzene rings is 2. The maximum Gasteiger partial charge on any atom is 0.290 e. The number of amides is 1. The van der Waals surface area contributed by atoms with Gasteiger partial charge in [0.25, 0.3) is 11.8 Å². The molecule has 0 radical (unpaired) electrons. The fourth-order valence-corrected chi connectivity index (χ4v) is 7.15. The third kappa shape index (κ3) is 4.76. The highest BCUT2D eigenvalue weighted by Crippen LogP contribution is 2.46. The van der Waals surface area contributed by atoms with Crippen molar-refractivity contribution >= 4 is 33.9 Å². The van der Waals surface area contributed by atoms with Crippen LogP contribution in [0.15, 0.2) is 59.3 Å². The molecule has 7 rings (SSSR count). The molecule has 3 aromatic heterocycles. The second-order valence-corrected chi connectivity index (χ2v) is 12.0. The normalized spacial score (nSPS) is 17.8. The minimum Gasteiger partial charge on any atom is -0.455 e. The van der Waals surface area contributed by atoms with Gasteiger partial charge in [0.1, 0.15) is 34.1 Å². The van der Waals surface area contributed by atoms with Gasteiger partial charge < -0.3 is 19.7 Å². The maximum atomic E-state index is 14.6. The SMILES string of the molecule is CNC(=O)c1c(-c2ccc(F)cc2)oc2cc(N3CCCC3O)c(-c3cncc(-c4nc5c(s4)CCCC5(F)F)c3)cc12. The summed E-state index contributed by atoms with van der Waals surface area (Å²) in [6, 6.07) is 11.2. The van der Waals surface area contributed by atoms with Crippen LogP contribution in [0.4, 0.5) is 18.9 Å². The van der Waals surface area contributed by atoms with E-state index in [-0.39, 0.29) is 23.6 Å². The topological polar surface area (TPSA) is 91.5 Å². The largest absolute Gasteiger partial charge is 0.455 e. The minimum atomic E-state index is -2.95. The van der Waals surface area contributed by atoms with Gasteiger partial charge in [-0.1, -0.05) is 0 Å². The number of aromatic nitrogens is 2. The van der Waals surface area contributed by atoms with Gasteiger partial charge in [-0.3, -0.25) is 9.78 Å². The van der Waals surface area contributed by atoms with Gasteiger partial charge in [0.2, 0.25) is 0 Å². The van der Waals surface area contributed by atoms with Crippen LogP contribution in [0.5, 0.6) is 0 Å². The number of hydrogen-bond donors (Lipinski definition) is 2. The van der Waals surface area contributed by atoms with E-state index in [1.807, 2.05) is 17.0 Å². The van der Waals surface area contributed by atoms with E-state index in [0.717, 1.165) is 6.42 Å². The van der Waals surface area contributed by atoms with Gasteiger partial charge in [0, 0.05) is 71.0 Å². The molecule has 1 saturated heterocycles. The van der Waals surface area contributed by atoms with Crippen molar-refractivity contribution in [2.45, 2.75) is 44.3 Å². The maximum absolute atomic E-state index is 14.6. The van der Waals surface area contributed by atoms with Crippen molar-refractivity contribution in [1.29, 1.82) is 0 Å². The molecule has 1 atom stereocenters. The van der Waals surface area contributed by atoms with Gasteiger partial charge >= 0.3 is 0 Å². The number of carbonyl (C=O) groups is 1. The first-order valence-electron chi connectivity index (χ1n) is 14.1. The number of thiazole rings is 1. The zero-order chi connectivity index (χ0) is 29.9. The Morgan fingerprint density at radius 1 is 1.12 bits per heavy atom. The average Bonchev–Trinajstić information content (AvgIpc) is 3.73. The molecule has 7 nitrogen and oxygen atoms in total. The Balaban J connectivity index is 1.42. The lowest BCUT2D eigenvalue weighted by atomic mass is 9.98. The molecule has 11 heteroatoms. The summed E-state index contributed by atoms with van der Waals surface area (Å²) in [5, 5.41) is 14.5. The van der Waals surface area contributed by atoms with Crippen molar-refractivity contribution in [3.05, 3.63) is 76.8 Å². The number of pyridine rings is 1. The monoisotopic (exact) mass is 604 g/mol. The Morgan fingerprint density at radius 2 is 1.91 bits per heavy atom. The summed E-state index contributed by atoms with van der Waals surface area (Å²) < 4.78 is 49.2. The van der Waals surface area contributed by atoms with Gasteiger partial charge in [0.15, 0.2) is 0 Å². The second-order valence-electron chi connectivity index (χ2n) is 10.9. The highest BCUT2D eigenvalue weighted by atomic mass is 32.1. The molecule has 4 heterocycles. The summed E-state index contributed by atoms with van der Waals surface area (Å²) in [6.45, 7) is 0.606. The molecule has 0 saturated carbocycles. The van der Waals surface area contributed by atoms with E-state index in [1.54, 1.807) is 30.6 Å². The second kappa shape index (κ2) is 10.5. The molecule has 1 aliphatic carbocycles. The molecule has 2 aromatic carbocycles. The van der Waals surface area contributed by atoms with E-state index in [0.29, 0.717) is 80.4 Å². The number of nitrogens with one attached hydrogen (secondary N) is 1. The Labute approximate surface area is 249 Å². The molecular weight excluding hydrogens is 577 g/mol. The summed E-state index contributed by atoms with van der Waals surface area (Å²) in [5.74, 6) is -3.44. The van der Waals surface area contributed by atoms with E-state index in [4.69, 9.17) is 4.42 Å². The van der Waals surface area contributed by atoms with Crippen LogP contribution in [-0.4, -0.2) is 40.8 Å². The molecule has 43 heavy (non-hydrogen) atoms. The van der Waals surface area contributed by atoms with Crippen LogP contribution in [0.2, 0.25) is 0 Å². The van der Waals surface area contributed by atoms with Gasteiger partial charge in [-0.05, 0) is 62.1 Å². The molecule has 2 aliphatic rings. The number of halogens is 3. The Bertz CT molecular complexity index is 1870. The number of aryl methyl sites for hydroxylation is 1. The van der Waals surface area contributed by atoms with E-state index < -0.39 is 18.0 Å². The smallest absolute Gasteiger partial charge is 0.290 e. The number of alkyl halides is 2. The van der Waals surface area contributed by atoms with Crippen LogP contribution in [-0.2, 0) is 12.3 Å². The van der Waals surface area contributed by atoms with Gasteiger partial charge in [-0.25, -0.2) is 9.37 Å². The fraction of sp³-hybridized carbons (Fsp3) is 0.281. The molecular formula is C32H27F3N4O3S. The van der Waals surface area contributed by atoms with E-state index in [2.05, 4.69) is 15.3 Å². The standard InChI is InChI=1S/C32H27F3N4O3S/c1-36-30(41)27-22-13-21(18-12-19(16-37-15-18)31-38-29-25(43-31)4-2-10-32(29,34)35)23(39-11-3-5-26(39)40)14-24(22)42-28(27)17-6-8-20(33)9-7-17/h6-9,12-16,26,40H,2-5,10-11H2,1H3,(H,36,41). The third-order valence-electron chi connectivity index (χ3n) is 8.13. The Morgan fingerprint density at radius 3 is 2.63 bits per heavy atom. The van der Waals surface area contributed by atoms with Crippen molar-refractivity contribution in [3.63, 3.8) is 0 Å². The van der Waals surface area contributed by atoms with Crippen LogP contribution >= 0.6 is 11.3 Å². The van der Waals surface area contributed by atoms with Gasteiger partial charge in [-0.2, -0.15) is 8.78 Å². The van der Waals surface area contributed by atoms with Crippen LogP contribution in [0.3, 0.4) is 0 Å². The predicted octanol–water partition coefficient (Wildman–Crippen LogP) is 7.13. The number of hydrogen-bond acceptors (Lipinski definition) is 7. The molecule has 1 unspecified atom stereocenters. The number of fused-ring (bicyclic) bond motifs is 2. The van der Waals surface area contributed by atoms with Crippen LogP contribution in [0, 0.1) is 5.82 Å². The lowest BCUT2D eigenvalue weighted by molar-refractivity contribution is -0.0251. The summed E-state index contributed by atoms with van der Waals surface area (Å²) in [7, 11) is 1.52. The molecule has 2 N–H and O–H groups in total. The summed E-state index contributed by atoms with van der Waals surface area (Å²) in [4.78, 5) is 24.5. The molecule has 0 bridgehead atoms. The Hall–Kier alpha value is -4.22. The van der Waals surface area contributed by atoms with Gasteiger partial charge in [0.05, 0.1) is 11.3 Å². The first-order valence-corrected chi connectivity index (χ1v) is 14.9. The first kappa shape index (κ1) is 27.6. The zero-order valence-corrected chi connectivity index (χ0v) is 24.0. The quantitative estimate of drug-likeness (QED) is 0.222. The van der Waals surface area contributed by atoms with Crippen molar-refractivity contribution in [3.8, 4) is 33.0 Å². The van der Waals surface area contributed by atoms with Crippen LogP contribution in [0.25, 0.3) is 44.0 Å². The molecule has 220 valence electrons.